The Bertz CT molecular complexity index is 611. The van der Waals surface area contributed by atoms with Crippen LogP contribution in [0.15, 0.2) is 24.3 Å². The molecule has 0 aromatic heterocycles. The summed E-state index contributed by atoms with van der Waals surface area (Å²) in [4.78, 5) is 26.5. The first kappa shape index (κ1) is 20.3. The first-order chi connectivity index (χ1) is 12.2. The fourth-order valence-corrected chi connectivity index (χ4v) is 3.16. The van der Waals surface area contributed by atoms with E-state index in [9.17, 15) is 9.59 Å². The van der Waals surface area contributed by atoms with Crippen LogP contribution in [0.2, 0.25) is 0 Å². The van der Waals surface area contributed by atoms with E-state index in [-0.39, 0.29) is 24.0 Å². The highest BCUT2D eigenvalue weighted by Gasteiger charge is 2.30. The van der Waals surface area contributed by atoms with Gasteiger partial charge in [-0.05, 0) is 52.5 Å². The number of carbonyl (C=O) groups is 2. The van der Waals surface area contributed by atoms with Gasteiger partial charge in [-0.2, -0.15) is 0 Å². The van der Waals surface area contributed by atoms with Gasteiger partial charge < -0.3 is 15.0 Å². The van der Waals surface area contributed by atoms with Crippen molar-refractivity contribution in [1.82, 2.24) is 10.2 Å². The number of aryl methyl sites for hydroxylation is 1. The average Bonchev–Trinajstić information content (AvgIpc) is 2.59. The van der Waals surface area contributed by atoms with E-state index in [1.165, 1.54) is 5.56 Å². The Morgan fingerprint density at radius 3 is 2.27 bits per heavy atom. The number of carbonyl (C=O) groups excluding carboxylic acids is 2. The minimum Gasteiger partial charge on any atom is -0.444 e. The van der Waals surface area contributed by atoms with E-state index in [1.54, 1.807) is 4.90 Å². The molecule has 1 N–H and O–H groups in total. The molecule has 1 saturated heterocycles. The summed E-state index contributed by atoms with van der Waals surface area (Å²) in [6, 6.07) is 8.34. The molecule has 0 saturated carbocycles. The highest BCUT2D eigenvalue weighted by Crippen LogP contribution is 2.23. The van der Waals surface area contributed by atoms with Gasteiger partial charge in [-0.25, -0.2) is 4.79 Å². The standard InChI is InChI=1S/C21H32N2O3/c1-6-18(16-9-7-15(2)8-10-16)22-19(24)17-11-13-23(14-12-17)20(25)26-21(3,4)5/h7-10,17-18H,6,11-14H2,1-5H3,(H,22,24)/t18-/m0/s1. The second kappa shape index (κ2) is 8.56. The summed E-state index contributed by atoms with van der Waals surface area (Å²) in [5, 5.41) is 3.18. The molecule has 2 amide bonds. The summed E-state index contributed by atoms with van der Waals surface area (Å²) in [6.07, 6.45) is 1.92. The van der Waals surface area contributed by atoms with E-state index in [0.717, 1.165) is 12.0 Å². The Hall–Kier alpha value is -2.04. The van der Waals surface area contributed by atoms with Crippen LogP contribution in [0.25, 0.3) is 0 Å². The van der Waals surface area contributed by atoms with E-state index in [1.807, 2.05) is 20.8 Å². The number of ether oxygens (including phenoxy) is 1. The van der Waals surface area contributed by atoms with Gasteiger partial charge in [-0.15, -0.1) is 0 Å². The van der Waals surface area contributed by atoms with Crippen LogP contribution in [-0.4, -0.2) is 35.6 Å². The maximum atomic E-state index is 12.7. The molecule has 2 rings (SSSR count). The molecule has 0 aliphatic carbocycles. The maximum Gasteiger partial charge on any atom is 0.410 e. The van der Waals surface area contributed by atoms with Gasteiger partial charge in [0.2, 0.25) is 5.91 Å². The summed E-state index contributed by atoms with van der Waals surface area (Å²) >= 11 is 0. The third-order valence-corrected chi connectivity index (χ3v) is 4.72. The highest BCUT2D eigenvalue weighted by molar-refractivity contribution is 5.79. The van der Waals surface area contributed by atoms with E-state index < -0.39 is 5.60 Å². The van der Waals surface area contributed by atoms with Crippen LogP contribution in [-0.2, 0) is 9.53 Å². The lowest BCUT2D eigenvalue weighted by atomic mass is 9.94. The van der Waals surface area contributed by atoms with Crippen molar-refractivity contribution in [1.29, 1.82) is 0 Å². The van der Waals surface area contributed by atoms with Gasteiger partial charge >= 0.3 is 6.09 Å². The number of likely N-dealkylation sites (tertiary alicyclic amines) is 1. The molecule has 5 heteroatoms. The summed E-state index contributed by atoms with van der Waals surface area (Å²) in [7, 11) is 0. The molecule has 1 fully saturated rings. The van der Waals surface area contributed by atoms with Gasteiger partial charge in [-0.3, -0.25) is 4.79 Å². The lowest BCUT2D eigenvalue weighted by Crippen LogP contribution is -2.45. The quantitative estimate of drug-likeness (QED) is 0.875. The molecule has 26 heavy (non-hydrogen) atoms. The summed E-state index contributed by atoms with van der Waals surface area (Å²) in [5.74, 6) is 0.0365. The summed E-state index contributed by atoms with van der Waals surface area (Å²) in [6.45, 7) is 10.9. The lowest BCUT2D eigenvalue weighted by Gasteiger charge is -2.33. The van der Waals surface area contributed by atoms with Crippen molar-refractivity contribution in [2.24, 2.45) is 5.92 Å². The van der Waals surface area contributed by atoms with Crippen molar-refractivity contribution in [3.63, 3.8) is 0 Å². The first-order valence-electron chi connectivity index (χ1n) is 9.54. The second-order valence-electron chi connectivity index (χ2n) is 8.12. The van der Waals surface area contributed by atoms with E-state index in [2.05, 4.69) is 43.4 Å². The van der Waals surface area contributed by atoms with Crippen molar-refractivity contribution < 1.29 is 14.3 Å². The molecule has 0 spiro atoms. The van der Waals surface area contributed by atoms with Gasteiger partial charge in [0.05, 0.1) is 6.04 Å². The number of benzene rings is 1. The molecule has 5 nitrogen and oxygen atoms in total. The van der Waals surface area contributed by atoms with Crippen molar-refractivity contribution in [3.05, 3.63) is 35.4 Å². The molecule has 1 heterocycles. The number of nitrogens with one attached hydrogen (secondary N) is 1. The molecule has 0 unspecified atom stereocenters. The van der Waals surface area contributed by atoms with Gasteiger partial charge in [0.1, 0.15) is 5.60 Å². The lowest BCUT2D eigenvalue weighted by molar-refractivity contribution is -0.127. The number of nitrogens with zero attached hydrogens (tertiary/aromatic N) is 1. The van der Waals surface area contributed by atoms with Crippen LogP contribution in [0, 0.1) is 12.8 Å². The average molecular weight is 360 g/mol. The largest absolute Gasteiger partial charge is 0.444 e. The zero-order valence-corrected chi connectivity index (χ0v) is 16.7. The van der Waals surface area contributed by atoms with E-state index in [4.69, 9.17) is 4.74 Å². The van der Waals surface area contributed by atoms with Crippen molar-refractivity contribution in [2.45, 2.75) is 65.5 Å². The zero-order valence-electron chi connectivity index (χ0n) is 16.7. The normalized spacial score (nSPS) is 16.9. The highest BCUT2D eigenvalue weighted by atomic mass is 16.6. The van der Waals surface area contributed by atoms with Crippen LogP contribution in [0.4, 0.5) is 4.79 Å². The number of hydrogen-bond donors (Lipinski definition) is 1. The molecular formula is C21H32N2O3. The van der Waals surface area contributed by atoms with Crippen LogP contribution in [0.3, 0.4) is 0 Å². The van der Waals surface area contributed by atoms with Crippen molar-refractivity contribution in [2.75, 3.05) is 13.1 Å². The molecule has 144 valence electrons. The fraction of sp³-hybridized carbons (Fsp3) is 0.619. The molecule has 1 aromatic rings. The smallest absolute Gasteiger partial charge is 0.410 e. The van der Waals surface area contributed by atoms with E-state index in [0.29, 0.717) is 25.9 Å². The molecule has 1 atom stereocenters. The van der Waals surface area contributed by atoms with Gasteiger partial charge in [0.15, 0.2) is 0 Å². The van der Waals surface area contributed by atoms with Gasteiger partial charge in [0.25, 0.3) is 0 Å². The Morgan fingerprint density at radius 2 is 1.77 bits per heavy atom. The summed E-state index contributed by atoms with van der Waals surface area (Å²) in [5.41, 5.74) is 1.86. The molecule has 0 bridgehead atoms. The number of rotatable bonds is 4. The van der Waals surface area contributed by atoms with Gasteiger partial charge in [0, 0.05) is 19.0 Å². The maximum absolute atomic E-state index is 12.7. The SMILES string of the molecule is CC[C@H](NC(=O)C1CCN(C(=O)OC(C)(C)C)CC1)c1ccc(C)cc1. The first-order valence-corrected chi connectivity index (χ1v) is 9.54. The Balaban J connectivity index is 1.87. The topological polar surface area (TPSA) is 58.6 Å². The van der Waals surface area contributed by atoms with Gasteiger partial charge in [-0.1, -0.05) is 36.8 Å². The number of piperidine rings is 1. The molecule has 0 radical (unpaired) electrons. The predicted molar refractivity (Wildman–Crippen MR) is 103 cm³/mol. The number of amides is 2. The molecule has 1 aromatic carbocycles. The minimum atomic E-state index is -0.492. The molecule has 1 aliphatic rings. The van der Waals surface area contributed by atoms with Crippen LogP contribution in [0.5, 0.6) is 0 Å². The van der Waals surface area contributed by atoms with E-state index >= 15 is 0 Å². The second-order valence-corrected chi connectivity index (χ2v) is 8.12. The Morgan fingerprint density at radius 1 is 1.19 bits per heavy atom. The van der Waals surface area contributed by atoms with Crippen molar-refractivity contribution >= 4 is 12.0 Å². The number of hydrogen-bond acceptors (Lipinski definition) is 3. The third kappa shape index (κ3) is 5.75. The predicted octanol–water partition coefficient (Wildman–Crippen LogP) is 4.21. The summed E-state index contributed by atoms with van der Waals surface area (Å²) < 4.78 is 5.41. The monoisotopic (exact) mass is 360 g/mol. The molecule has 1 aliphatic heterocycles. The fourth-order valence-electron chi connectivity index (χ4n) is 3.16. The van der Waals surface area contributed by atoms with Crippen LogP contribution < -0.4 is 5.32 Å². The van der Waals surface area contributed by atoms with Crippen LogP contribution in [0.1, 0.15) is 64.1 Å². The zero-order chi connectivity index (χ0) is 19.3. The minimum absolute atomic E-state index is 0.0342. The molecular weight excluding hydrogens is 328 g/mol. The van der Waals surface area contributed by atoms with Crippen LogP contribution >= 0.6 is 0 Å². The Kier molecular flexibility index (Phi) is 6.68. The Labute approximate surface area is 157 Å². The van der Waals surface area contributed by atoms with Crippen molar-refractivity contribution in [3.8, 4) is 0 Å². The third-order valence-electron chi connectivity index (χ3n) is 4.72.